The maximum atomic E-state index is 11.6. The number of aliphatic hydroxyl groups excluding tert-OH is 1. The topological polar surface area (TPSA) is 57.6 Å². The van der Waals surface area contributed by atoms with E-state index >= 15 is 0 Å². The molecule has 1 aromatic rings. The highest BCUT2D eigenvalue weighted by atomic mass is 79.9. The quantitative estimate of drug-likeness (QED) is 0.796. The van der Waals surface area contributed by atoms with Crippen LogP contribution in [0, 0.1) is 0 Å². The largest absolute Gasteiger partial charge is 0.376 e. The second-order valence-electron chi connectivity index (χ2n) is 2.99. The molecule has 0 aromatic heterocycles. The van der Waals surface area contributed by atoms with E-state index in [9.17, 15) is 9.59 Å². The van der Waals surface area contributed by atoms with E-state index in [2.05, 4.69) is 31.9 Å². The first-order chi connectivity index (χ1) is 7.06. The molecule has 0 fully saturated rings. The summed E-state index contributed by atoms with van der Waals surface area (Å²) in [6.45, 7) is -0.596. The molecule has 1 aliphatic heterocycles. The molecule has 0 aliphatic carbocycles. The first-order valence-corrected chi connectivity index (χ1v) is 5.61. The van der Waals surface area contributed by atoms with Gasteiger partial charge in [-0.15, -0.1) is 0 Å². The highest BCUT2D eigenvalue weighted by molar-refractivity contribution is 9.13. The maximum absolute atomic E-state index is 11.6. The van der Waals surface area contributed by atoms with Gasteiger partial charge in [0.1, 0.15) is 6.73 Å². The number of carbonyl (C=O) groups is 2. The van der Waals surface area contributed by atoms with Crippen LogP contribution in [-0.4, -0.2) is 28.6 Å². The zero-order valence-electron chi connectivity index (χ0n) is 7.33. The van der Waals surface area contributed by atoms with Gasteiger partial charge in [-0.05, 0) is 44.0 Å². The van der Waals surface area contributed by atoms with E-state index in [0.717, 1.165) is 4.90 Å². The number of rotatable bonds is 1. The molecule has 15 heavy (non-hydrogen) atoms. The van der Waals surface area contributed by atoms with Crippen LogP contribution in [0.1, 0.15) is 20.7 Å². The minimum Gasteiger partial charge on any atom is -0.376 e. The van der Waals surface area contributed by atoms with Gasteiger partial charge in [0.05, 0.1) is 11.1 Å². The van der Waals surface area contributed by atoms with Crippen molar-refractivity contribution in [2.45, 2.75) is 0 Å². The fraction of sp³-hybridized carbons (Fsp3) is 0.111. The van der Waals surface area contributed by atoms with E-state index in [4.69, 9.17) is 5.11 Å². The summed E-state index contributed by atoms with van der Waals surface area (Å²) < 4.78 is 1.39. The average Bonchev–Trinajstić information content (AvgIpc) is 2.42. The van der Waals surface area contributed by atoms with Crippen molar-refractivity contribution >= 4 is 43.7 Å². The predicted octanol–water partition coefficient (Wildman–Crippen LogP) is 1.76. The molecule has 0 atom stereocenters. The third-order valence-electron chi connectivity index (χ3n) is 2.15. The van der Waals surface area contributed by atoms with Gasteiger partial charge in [-0.2, -0.15) is 0 Å². The summed E-state index contributed by atoms with van der Waals surface area (Å²) >= 11 is 6.49. The zero-order chi connectivity index (χ0) is 11.2. The monoisotopic (exact) mass is 333 g/mol. The lowest BCUT2D eigenvalue weighted by molar-refractivity contribution is 0.0490. The minimum absolute atomic E-state index is 0.309. The molecule has 1 N–H and O–H groups in total. The number of imide groups is 1. The lowest BCUT2D eigenvalue weighted by Gasteiger charge is -2.07. The van der Waals surface area contributed by atoms with Gasteiger partial charge in [0, 0.05) is 8.95 Å². The zero-order valence-corrected chi connectivity index (χ0v) is 10.5. The molecule has 1 aromatic carbocycles. The van der Waals surface area contributed by atoms with E-state index in [-0.39, 0.29) is 0 Å². The van der Waals surface area contributed by atoms with Crippen molar-refractivity contribution in [3.63, 3.8) is 0 Å². The summed E-state index contributed by atoms with van der Waals surface area (Å²) in [7, 11) is 0. The molecule has 0 saturated carbocycles. The van der Waals surface area contributed by atoms with Gasteiger partial charge in [0.15, 0.2) is 0 Å². The molecule has 4 nitrogen and oxygen atoms in total. The Morgan fingerprint density at radius 1 is 1.07 bits per heavy atom. The molecule has 0 spiro atoms. The van der Waals surface area contributed by atoms with E-state index in [0.29, 0.717) is 20.1 Å². The molecule has 0 bridgehead atoms. The second-order valence-corrected chi connectivity index (χ2v) is 4.70. The fourth-order valence-corrected chi connectivity index (χ4v) is 2.10. The van der Waals surface area contributed by atoms with Crippen LogP contribution in [0.15, 0.2) is 21.1 Å². The Balaban J connectivity index is 2.63. The minimum atomic E-state index is -0.596. The number of hydrogen-bond acceptors (Lipinski definition) is 3. The van der Waals surface area contributed by atoms with Crippen molar-refractivity contribution < 1.29 is 14.7 Å². The molecule has 2 rings (SSSR count). The Bertz CT molecular complexity index is 432. The van der Waals surface area contributed by atoms with Gasteiger partial charge in [0.25, 0.3) is 11.8 Å². The second kappa shape index (κ2) is 3.70. The number of amides is 2. The molecular weight excluding hydrogens is 330 g/mol. The van der Waals surface area contributed by atoms with E-state index < -0.39 is 18.5 Å². The van der Waals surface area contributed by atoms with Crippen molar-refractivity contribution in [3.05, 3.63) is 32.2 Å². The van der Waals surface area contributed by atoms with Crippen molar-refractivity contribution in [3.8, 4) is 0 Å². The molecule has 0 radical (unpaired) electrons. The predicted molar refractivity (Wildman–Crippen MR) is 59.4 cm³/mol. The summed E-state index contributed by atoms with van der Waals surface area (Å²) in [6.07, 6.45) is 0. The molecule has 1 heterocycles. The number of halogens is 2. The standard InChI is InChI=1S/C9H5Br2NO3/c10-6-1-4-5(2-7(6)11)9(15)12(3-13)8(4)14/h1-2,13H,3H2. The van der Waals surface area contributed by atoms with Gasteiger partial charge < -0.3 is 5.11 Å². The van der Waals surface area contributed by atoms with Crippen LogP contribution in [0.2, 0.25) is 0 Å². The van der Waals surface area contributed by atoms with E-state index in [1.165, 1.54) is 0 Å². The molecule has 0 unspecified atom stereocenters. The van der Waals surface area contributed by atoms with Crippen molar-refractivity contribution in [1.82, 2.24) is 4.90 Å². The third-order valence-corrected chi connectivity index (χ3v) is 4.00. The fourth-order valence-electron chi connectivity index (χ4n) is 1.41. The number of hydrogen-bond donors (Lipinski definition) is 1. The molecule has 1 aliphatic rings. The van der Waals surface area contributed by atoms with Gasteiger partial charge in [-0.1, -0.05) is 0 Å². The molecule has 0 saturated heterocycles. The van der Waals surface area contributed by atoms with Crippen LogP contribution in [0.5, 0.6) is 0 Å². The number of carbonyl (C=O) groups excluding carboxylic acids is 2. The number of aliphatic hydroxyl groups is 1. The van der Waals surface area contributed by atoms with E-state index in [1.807, 2.05) is 0 Å². The molecule has 6 heteroatoms. The van der Waals surface area contributed by atoms with Crippen molar-refractivity contribution in [2.24, 2.45) is 0 Å². The smallest absolute Gasteiger partial charge is 0.263 e. The summed E-state index contributed by atoms with van der Waals surface area (Å²) in [5.41, 5.74) is 0.619. The number of fused-ring (bicyclic) bond motifs is 1. The van der Waals surface area contributed by atoms with Crippen LogP contribution in [0.4, 0.5) is 0 Å². The first-order valence-electron chi connectivity index (χ1n) is 4.02. The lowest BCUT2D eigenvalue weighted by Crippen LogP contribution is -2.30. The van der Waals surface area contributed by atoms with Crippen molar-refractivity contribution in [1.29, 1.82) is 0 Å². The Kier molecular flexibility index (Phi) is 2.66. The van der Waals surface area contributed by atoms with Gasteiger partial charge >= 0.3 is 0 Å². The van der Waals surface area contributed by atoms with Crippen LogP contribution in [0.3, 0.4) is 0 Å². The highest BCUT2D eigenvalue weighted by Crippen LogP contribution is 2.31. The SMILES string of the molecule is O=C1c2cc(Br)c(Br)cc2C(=O)N1CO. The van der Waals surface area contributed by atoms with Crippen LogP contribution in [0.25, 0.3) is 0 Å². The van der Waals surface area contributed by atoms with Gasteiger partial charge in [-0.3, -0.25) is 14.5 Å². The summed E-state index contributed by atoms with van der Waals surface area (Å²) in [5.74, 6) is -0.934. The normalized spacial score (nSPS) is 14.7. The first kappa shape index (κ1) is 10.8. The van der Waals surface area contributed by atoms with Crippen molar-refractivity contribution in [2.75, 3.05) is 6.73 Å². The maximum Gasteiger partial charge on any atom is 0.263 e. The van der Waals surface area contributed by atoms with Crippen LogP contribution in [-0.2, 0) is 0 Å². The average molecular weight is 335 g/mol. The van der Waals surface area contributed by atoms with Crippen LogP contribution >= 0.6 is 31.9 Å². The lowest BCUT2D eigenvalue weighted by atomic mass is 10.1. The number of benzene rings is 1. The van der Waals surface area contributed by atoms with E-state index in [1.54, 1.807) is 12.1 Å². The Morgan fingerprint density at radius 3 is 1.80 bits per heavy atom. The highest BCUT2D eigenvalue weighted by Gasteiger charge is 2.35. The Morgan fingerprint density at radius 2 is 1.47 bits per heavy atom. The molecule has 78 valence electrons. The molecular formula is C9H5Br2NO3. The van der Waals surface area contributed by atoms with Gasteiger partial charge in [-0.25, -0.2) is 0 Å². The molecule has 2 amide bonds. The van der Waals surface area contributed by atoms with Crippen LogP contribution < -0.4 is 0 Å². The third kappa shape index (κ3) is 1.53. The Labute approximate surface area is 102 Å². The number of nitrogens with zero attached hydrogens (tertiary/aromatic N) is 1. The summed E-state index contributed by atoms with van der Waals surface area (Å²) in [6, 6.07) is 3.13. The van der Waals surface area contributed by atoms with Gasteiger partial charge in [0.2, 0.25) is 0 Å². The Hall–Kier alpha value is -0.720. The summed E-state index contributed by atoms with van der Waals surface area (Å²) in [5, 5.41) is 8.88. The summed E-state index contributed by atoms with van der Waals surface area (Å²) in [4.78, 5) is 24.0.